The van der Waals surface area contributed by atoms with Gasteiger partial charge in [0.15, 0.2) is 0 Å². The van der Waals surface area contributed by atoms with Gasteiger partial charge in [0.2, 0.25) is 0 Å². The van der Waals surface area contributed by atoms with Crippen LogP contribution in [0.1, 0.15) is 37.0 Å². The highest BCUT2D eigenvalue weighted by atomic mass is 35.5. The Kier molecular flexibility index (Phi) is 3.81. The number of halogens is 1. The lowest BCUT2D eigenvalue weighted by molar-refractivity contribution is 0.0552. The number of benzene rings is 1. The van der Waals surface area contributed by atoms with Crippen molar-refractivity contribution >= 4 is 23.2 Å². The van der Waals surface area contributed by atoms with Gasteiger partial charge in [0.05, 0.1) is 16.3 Å². The van der Waals surface area contributed by atoms with Crippen LogP contribution in [0.15, 0.2) is 18.2 Å². The Hall–Kier alpha value is -1.22. The van der Waals surface area contributed by atoms with Crippen LogP contribution in [0.25, 0.3) is 0 Å². The Balaban J connectivity index is 2.28. The molecule has 18 heavy (non-hydrogen) atoms. The van der Waals surface area contributed by atoms with E-state index in [9.17, 15) is 4.79 Å². The molecule has 1 saturated heterocycles. The fourth-order valence-corrected chi connectivity index (χ4v) is 2.67. The van der Waals surface area contributed by atoms with E-state index in [1.807, 2.05) is 4.90 Å². The molecule has 0 spiro atoms. The molecule has 1 aromatic rings. The van der Waals surface area contributed by atoms with E-state index in [0.717, 1.165) is 13.0 Å². The van der Waals surface area contributed by atoms with Crippen molar-refractivity contribution in [1.29, 1.82) is 0 Å². The minimum atomic E-state index is -0.00551. The molecule has 1 aliphatic rings. The first-order chi connectivity index (χ1) is 8.52. The Morgan fingerprint density at radius 3 is 2.89 bits per heavy atom. The van der Waals surface area contributed by atoms with Crippen molar-refractivity contribution < 1.29 is 4.79 Å². The maximum atomic E-state index is 12.5. The second kappa shape index (κ2) is 5.19. The molecule has 1 aliphatic heterocycles. The zero-order valence-corrected chi connectivity index (χ0v) is 11.6. The zero-order chi connectivity index (χ0) is 13.3. The molecule has 2 rings (SSSR count). The average molecular weight is 267 g/mol. The third-order valence-corrected chi connectivity index (χ3v) is 4.25. The summed E-state index contributed by atoms with van der Waals surface area (Å²) in [5.41, 5.74) is 6.79. The maximum absolute atomic E-state index is 12.5. The van der Waals surface area contributed by atoms with Gasteiger partial charge in [-0.2, -0.15) is 0 Å². The van der Waals surface area contributed by atoms with E-state index in [1.54, 1.807) is 18.2 Å². The molecule has 1 aromatic carbocycles. The standard InChI is InChI=1S/C14H19ClN2O/c1-9-5-4-8-17(10(9)2)14(18)11-6-3-7-12(15)13(11)16/h3,6-7,9-10H,4-5,8,16H2,1-2H3. The lowest BCUT2D eigenvalue weighted by Gasteiger charge is -2.38. The number of hydrogen-bond donors (Lipinski definition) is 1. The smallest absolute Gasteiger partial charge is 0.256 e. The summed E-state index contributed by atoms with van der Waals surface area (Å²) in [5, 5.41) is 0.443. The summed E-state index contributed by atoms with van der Waals surface area (Å²) in [5.74, 6) is 0.525. The van der Waals surface area contributed by atoms with E-state index in [0.29, 0.717) is 22.2 Å². The number of para-hydroxylation sites is 1. The minimum Gasteiger partial charge on any atom is -0.397 e. The number of nitrogens with two attached hydrogens (primary N) is 1. The van der Waals surface area contributed by atoms with E-state index in [1.165, 1.54) is 6.42 Å². The maximum Gasteiger partial charge on any atom is 0.256 e. The van der Waals surface area contributed by atoms with Gasteiger partial charge < -0.3 is 10.6 Å². The number of amides is 1. The Morgan fingerprint density at radius 1 is 1.44 bits per heavy atom. The molecule has 2 N–H and O–H groups in total. The number of hydrogen-bond acceptors (Lipinski definition) is 2. The van der Waals surface area contributed by atoms with Gasteiger partial charge in [-0.3, -0.25) is 4.79 Å². The molecule has 1 heterocycles. The average Bonchev–Trinajstić information content (AvgIpc) is 2.35. The summed E-state index contributed by atoms with van der Waals surface area (Å²) in [6.07, 6.45) is 2.23. The summed E-state index contributed by atoms with van der Waals surface area (Å²) in [6.45, 7) is 5.09. The summed E-state index contributed by atoms with van der Waals surface area (Å²) in [7, 11) is 0. The number of rotatable bonds is 1. The van der Waals surface area contributed by atoms with Gasteiger partial charge in [0.25, 0.3) is 5.91 Å². The second-order valence-corrected chi connectivity index (χ2v) is 5.47. The Morgan fingerprint density at radius 2 is 2.17 bits per heavy atom. The molecule has 0 bridgehead atoms. The van der Waals surface area contributed by atoms with Crippen LogP contribution in [0.4, 0.5) is 5.69 Å². The number of nitrogens with zero attached hydrogens (tertiary/aromatic N) is 1. The summed E-state index contributed by atoms with van der Waals surface area (Å²) < 4.78 is 0. The fourth-order valence-electron chi connectivity index (χ4n) is 2.50. The molecule has 0 aliphatic carbocycles. The highest BCUT2D eigenvalue weighted by molar-refractivity contribution is 6.33. The molecule has 0 aromatic heterocycles. The van der Waals surface area contributed by atoms with Gasteiger partial charge in [-0.25, -0.2) is 0 Å². The van der Waals surface area contributed by atoms with Crippen molar-refractivity contribution in [1.82, 2.24) is 4.90 Å². The van der Waals surface area contributed by atoms with Crippen LogP contribution in [0.5, 0.6) is 0 Å². The van der Waals surface area contributed by atoms with Gasteiger partial charge in [0, 0.05) is 12.6 Å². The third kappa shape index (κ3) is 2.32. The highest BCUT2D eigenvalue weighted by Crippen LogP contribution is 2.28. The highest BCUT2D eigenvalue weighted by Gasteiger charge is 2.29. The molecule has 2 atom stereocenters. The van der Waals surface area contributed by atoms with E-state index < -0.39 is 0 Å². The second-order valence-electron chi connectivity index (χ2n) is 5.06. The molecular formula is C14H19ClN2O. The number of likely N-dealkylation sites (tertiary alicyclic amines) is 1. The van der Waals surface area contributed by atoms with Gasteiger partial charge >= 0.3 is 0 Å². The van der Waals surface area contributed by atoms with Crippen molar-refractivity contribution in [3.05, 3.63) is 28.8 Å². The van der Waals surface area contributed by atoms with Crippen LogP contribution < -0.4 is 5.73 Å². The third-order valence-electron chi connectivity index (χ3n) is 3.92. The molecule has 4 heteroatoms. The van der Waals surface area contributed by atoms with Crippen LogP contribution in [0, 0.1) is 5.92 Å². The van der Waals surface area contributed by atoms with Crippen LogP contribution in [0.2, 0.25) is 5.02 Å². The molecule has 2 unspecified atom stereocenters. The fraction of sp³-hybridized carbons (Fsp3) is 0.500. The van der Waals surface area contributed by atoms with Crippen LogP contribution in [-0.2, 0) is 0 Å². The van der Waals surface area contributed by atoms with Crippen LogP contribution >= 0.6 is 11.6 Å². The Labute approximate surface area is 113 Å². The molecule has 1 fully saturated rings. The first kappa shape index (κ1) is 13.2. The number of anilines is 1. The molecule has 3 nitrogen and oxygen atoms in total. The summed E-state index contributed by atoms with van der Waals surface area (Å²) in [6, 6.07) is 5.47. The zero-order valence-electron chi connectivity index (χ0n) is 10.8. The molecule has 98 valence electrons. The normalized spacial score (nSPS) is 24.1. The van der Waals surface area contributed by atoms with E-state index >= 15 is 0 Å². The summed E-state index contributed by atoms with van der Waals surface area (Å²) in [4.78, 5) is 14.4. The number of carbonyl (C=O) groups is 1. The molecule has 0 saturated carbocycles. The van der Waals surface area contributed by atoms with E-state index in [-0.39, 0.29) is 11.9 Å². The lowest BCUT2D eigenvalue weighted by atomic mass is 9.91. The topological polar surface area (TPSA) is 46.3 Å². The summed E-state index contributed by atoms with van der Waals surface area (Å²) >= 11 is 5.97. The SMILES string of the molecule is CC1CCCN(C(=O)c2cccc(Cl)c2N)C1C. The van der Waals surface area contributed by atoms with E-state index in [2.05, 4.69) is 13.8 Å². The van der Waals surface area contributed by atoms with Gasteiger partial charge in [-0.1, -0.05) is 24.6 Å². The van der Waals surface area contributed by atoms with Gasteiger partial charge in [-0.05, 0) is 37.8 Å². The van der Waals surface area contributed by atoms with Crippen LogP contribution in [-0.4, -0.2) is 23.4 Å². The lowest BCUT2D eigenvalue weighted by Crippen LogP contribution is -2.46. The molecular weight excluding hydrogens is 248 g/mol. The molecule has 1 amide bonds. The predicted octanol–water partition coefficient (Wildman–Crippen LogP) is 3.18. The Bertz CT molecular complexity index is 461. The monoisotopic (exact) mass is 266 g/mol. The predicted molar refractivity (Wildman–Crippen MR) is 74.8 cm³/mol. The minimum absolute atomic E-state index is 0.00551. The first-order valence-corrected chi connectivity index (χ1v) is 6.75. The number of nitrogen functional groups attached to an aromatic ring is 1. The number of carbonyl (C=O) groups excluding carboxylic acids is 1. The first-order valence-electron chi connectivity index (χ1n) is 6.37. The van der Waals surface area contributed by atoms with Crippen molar-refractivity contribution in [2.45, 2.75) is 32.7 Å². The van der Waals surface area contributed by atoms with Crippen molar-refractivity contribution in [3.63, 3.8) is 0 Å². The van der Waals surface area contributed by atoms with Crippen molar-refractivity contribution in [2.75, 3.05) is 12.3 Å². The van der Waals surface area contributed by atoms with Crippen molar-refractivity contribution in [3.8, 4) is 0 Å². The van der Waals surface area contributed by atoms with E-state index in [4.69, 9.17) is 17.3 Å². The number of piperidine rings is 1. The molecule has 0 radical (unpaired) electrons. The van der Waals surface area contributed by atoms with Gasteiger partial charge in [0.1, 0.15) is 0 Å². The van der Waals surface area contributed by atoms with Crippen molar-refractivity contribution in [2.24, 2.45) is 5.92 Å². The van der Waals surface area contributed by atoms with Crippen LogP contribution in [0.3, 0.4) is 0 Å². The van der Waals surface area contributed by atoms with Gasteiger partial charge in [-0.15, -0.1) is 0 Å². The quantitative estimate of drug-likeness (QED) is 0.794. The largest absolute Gasteiger partial charge is 0.397 e.